The molecule has 2 N–H and O–H groups in total. The first-order chi connectivity index (χ1) is 13.5. The Hall–Kier alpha value is 0.160. The predicted molar refractivity (Wildman–Crippen MR) is 133 cm³/mol. The topological polar surface area (TPSA) is 44.6 Å². The molecule has 1 rings (SSSR count). The van der Waals surface area contributed by atoms with Crippen LogP contribution in [-0.4, -0.2) is 27.6 Å². The van der Waals surface area contributed by atoms with Crippen LogP contribution in [0.3, 0.4) is 0 Å². The van der Waals surface area contributed by atoms with E-state index in [0.29, 0.717) is 5.92 Å². The maximum Gasteiger partial charge on any atom is 0.122 e. The molecular formula is C24H47IN2O. The zero-order valence-corrected chi connectivity index (χ0v) is 21.1. The summed E-state index contributed by atoms with van der Waals surface area (Å²) in [6.07, 6.45) is 20.5. The number of alkyl halides is 1. The van der Waals surface area contributed by atoms with Crippen molar-refractivity contribution >= 4 is 28.4 Å². The van der Waals surface area contributed by atoms with E-state index < -0.39 is 3.61 Å². The van der Waals surface area contributed by atoms with Gasteiger partial charge in [-0.15, -0.1) is 0 Å². The minimum atomic E-state index is -0.724. The average Bonchev–Trinajstić information content (AvgIpc) is 3.18. The molecule has 4 heteroatoms. The van der Waals surface area contributed by atoms with Crippen LogP contribution in [0.25, 0.3) is 0 Å². The van der Waals surface area contributed by atoms with Crippen LogP contribution < -0.4 is 5.32 Å². The lowest BCUT2D eigenvalue weighted by Crippen LogP contribution is -2.40. The molecule has 0 saturated carbocycles. The average molecular weight is 507 g/mol. The molecule has 0 saturated heterocycles. The molecule has 1 heterocycles. The molecule has 0 aromatic carbocycles. The third-order valence-electron chi connectivity index (χ3n) is 6.28. The molecule has 0 amide bonds. The van der Waals surface area contributed by atoms with Gasteiger partial charge in [0.1, 0.15) is 9.44 Å². The summed E-state index contributed by atoms with van der Waals surface area (Å²) in [5.41, 5.74) is 0. The third kappa shape index (κ3) is 12.0. The highest BCUT2D eigenvalue weighted by atomic mass is 127. The van der Waals surface area contributed by atoms with Crippen LogP contribution in [0.5, 0.6) is 0 Å². The van der Waals surface area contributed by atoms with E-state index in [1.807, 2.05) is 6.92 Å². The zero-order chi connectivity index (χ0) is 20.7. The molecule has 0 aromatic heterocycles. The number of hydrogen-bond donors (Lipinski definition) is 2. The second-order valence-corrected chi connectivity index (χ2v) is 11.1. The molecule has 3 nitrogen and oxygen atoms in total. The van der Waals surface area contributed by atoms with Crippen molar-refractivity contribution in [2.45, 2.75) is 121 Å². The monoisotopic (exact) mass is 506 g/mol. The molecule has 166 valence electrons. The molecular weight excluding hydrogens is 459 g/mol. The summed E-state index contributed by atoms with van der Waals surface area (Å²) in [6, 6.07) is 0. The van der Waals surface area contributed by atoms with Gasteiger partial charge in [-0.2, -0.15) is 0 Å². The summed E-state index contributed by atoms with van der Waals surface area (Å²) < 4.78 is -0.724. The second kappa shape index (κ2) is 15.9. The van der Waals surface area contributed by atoms with Gasteiger partial charge in [-0.3, -0.25) is 4.99 Å². The van der Waals surface area contributed by atoms with Crippen LogP contribution in [0, 0.1) is 11.8 Å². The summed E-state index contributed by atoms with van der Waals surface area (Å²) in [4.78, 5) is 4.60. The van der Waals surface area contributed by atoms with E-state index in [2.05, 4.69) is 46.7 Å². The molecule has 1 aliphatic rings. The minimum Gasteiger partial charge on any atom is -0.379 e. The van der Waals surface area contributed by atoms with Crippen molar-refractivity contribution in [2.24, 2.45) is 16.8 Å². The Balaban J connectivity index is 2.11. The molecule has 3 atom stereocenters. The Morgan fingerprint density at radius 3 is 1.93 bits per heavy atom. The Morgan fingerprint density at radius 1 is 0.964 bits per heavy atom. The van der Waals surface area contributed by atoms with Crippen molar-refractivity contribution < 1.29 is 5.11 Å². The van der Waals surface area contributed by atoms with Gasteiger partial charge in [0, 0.05) is 6.54 Å². The quantitative estimate of drug-likeness (QED) is 0.117. The Morgan fingerprint density at radius 2 is 1.50 bits per heavy atom. The van der Waals surface area contributed by atoms with Gasteiger partial charge < -0.3 is 10.4 Å². The first kappa shape index (κ1) is 26.2. The van der Waals surface area contributed by atoms with Crippen molar-refractivity contribution in [3.8, 4) is 0 Å². The number of aliphatic imine (C=N–C) groups is 1. The summed E-state index contributed by atoms with van der Waals surface area (Å²) in [7, 11) is 0. The molecule has 0 aromatic rings. The normalized spacial score (nSPS) is 18.4. The van der Waals surface area contributed by atoms with Crippen LogP contribution in [0.1, 0.15) is 117 Å². The van der Waals surface area contributed by atoms with E-state index >= 15 is 0 Å². The fourth-order valence-corrected chi connectivity index (χ4v) is 4.87. The van der Waals surface area contributed by atoms with Gasteiger partial charge in [-0.05, 0) is 41.9 Å². The number of nitrogens with one attached hydrogen (secondary N) is 1. The lowest BCUT2D eigenvalue weighted by atomic mass is 9.85. The van der Waals surface area contributed by atoms with E-state index in [1.165, 1.54) is 89.9 Å². The molecule has 0 radical (unpaired) electrons. The fourth-order valence-electron chi connectivity index (χ4n) is 4.32. The number of amidine groups is 1. The summed E-state index contributed by atoms with van der Waals surface area (Å²) >= 11 is 2.19. The summed E-state index contributed by atoms with van der Waals surface area (Å²) in [5.74, 6) is 1.87. The number of hydrogen-bond acceptors (Lipinski definition) is 3. The fraction of sp³-hybridized carbons (Fsp3) is 0.958. The molecule has 0 aliphatic carbocycles. The maximum atomic E-state index is 10.6. The highest BCUT2D eigenvalue weighted by molar-refractivity contribution is 14.1. The Labute approximate surface area is 189 Å². The number of halogens is 1. The van der Waals surface area contributed by atoms with Gasteiger partial charge in [-0.25, -0.2) is 0 Å². The van der Waals surface area contributed by atoms with Gasteiger partial charge in [0.2, 0.25) is 0 Å². The van der Waals surface area contributed by atoms with Gasteiger partial charge >= 0.3 is 0 Å². The van der Waals surface area contributed by atoms with E-state index in [1.54, 1.807) is 0 Å². The van der Waals surface area contributed by atoms with Crippen molar-refractivity contribution in [1.29, 1.82) is 0 Å². The molecule has 1 aliphatic heterocycles. The highest BCUT2D eigenvalue weighted by Gasteiger charge is 2.35. The molecule has 0 fully saturated rings. The Bertz CT molecular complexity index is 406. The third-order valence-corrected chi connectivity index (χ3v) is 7.03. The van der Waals surface area contributed by atoms with Crippen molar-refractivity contribution in [1.82, 2.24) is 5.32 Å². The van der Waals surface area contributed by atoms with Crippen LogP contribution in [-0.2, 0) is 0 Å². The molecule has 28 heavy (non-hydrogen) atoms. The zero-order valence-electron chi connectivity index (χ0n) is 18.9. The van der Waals surface area contributed by atoms with Crippen molar-refractivity contribution in [3.63, 3.8) is 0 Å². The van der Waals surface area contributed by atoms with Gasteiger partial charge in [0.25, 0.3) is 0 Å². The van der Waals surface area contributed by atoms with E-state index in [9.17, 15) is 5.11 Å². The summed E-state index contributed by atoms with van der Waals surface area (Å²) in [6.45, 7) is 8.29. The minimum absolute atomic E-state index is 0.137. The van der Waals surface area contributed by atoms with E-state index in [4.69, 9.17) is 0 Å². The molecule has 0 spiro atoms. The van der Waals surface area contributed by atoms with Gasteiger partial charge in [-0.1, -0.05) is 104 Å². The smallest absolute Gasteiger partial charge is 0.122 e. The molecule has 0 bridgehead atoms. The first-order valence-corrected chi connectivity index (χ1v) is 13.3. The van der Waals surface area contributed by atoms with Crippen molar-refractivity contribution in [3.05, 3.63) is 0 Å². The van der Waals surface area contributed by atoms with Gasteiger partial charge in [0.05, 0.1) is 12.5 Å². The highest BCUT2D eigenvalue weighted by Crippen LogP contribution is 2.34. The summed E-state index contributed by atoms with van der Waals surface area (Å²) in [5, 5.41) is 14.0. The lowest BCUT2D eigenvalue weighted by molar-refractivity contribution is 0.122. The van der Waals surface area contributed by atoms with Crippen LogP contribution >= 0.6 is 22.6 Å². The van der Waals surface area contributed by atoms with Crippen LogP contribution in [0.2, 0.25) is 0 Å². The van der Waals surface area contributed by atoms with E-state index in [0.717, 1.165) is 25.3 Å². The lowest BCUT2D eigenvalue weighted by Gasteiger charge is -2.31. The van der Waals surface area contributed by atoms with Crippen LogP contribution in [0.15, 0.2) is 4.99 Å². The van der Waals surface area contributed by atoms with E-state index in [-0.39, 0.29) is 5.92 Å². The predicted octanol–water partition coefficient (Wildman–Crippen LogP) is 7.26. The van der Waals surface area contributed by atoms with Gasteiger partial charge in [0.15, 0.2) is 0 Å². The first-order valence-electron chi connectivity index (χ1n) is 12.2. The number of unbranched alkanes of at least 4 members (excludes halogenated alkanes) is 11. The number of aliphatic hydroxyl groups is 1. The standard InChI is InChI=1S/C24H47IN2O/c1-4-6-7-8-9-10-11-12-13-14-15-16-17-21(5-2)20-22(24(3,25)28)23-26-18-19-27-23/h21-22,28H,4-20H2,1-3H3,(H,26,27). The number of nitrogens with zero attached hydrogens (tertiary/aromatic N) is 1. The largest absolute Gasteiger partial charge is 0.379 e. The second-order valence-electron chi connectivity index (χ2n) is 8.96. The van der Waals surface area contributed by atoms with Crippen molar-refractivity contribution in [2.75, 3.05) is 13.1 Å². The SMILES string of the molecule is CCCCCCCCCCCCCCC(CC)CC(C1=NCCN1)C(C)(O)I. The Kier molecular flexibility index (Phi) is 14.9. The molecule has 3 unspecified atom stereocenters. The van der Waals surface area contributed by atoms with Crippen LogP contribution in [0.4, 0.5) is 0 Å². The number of rotatable bonds is 18. The maximum absolute atomic E-state index is 10.6.